The van der Waals surface area contributed by atoms with Crippen molar-refractivity contribution in [2.75, 3.05) is 26.9 Å². The quantitative estimate of drug-likeness (QED) is 0.836. The SMILES string of the molecule is CNC(CN(CC1CC1)C1CC1)c1ccc2c(c1)OCO2. The van der Waals surface area contributed by atoms with Gasteiger partial charge in [-0.3, -0.25) is 4.90 Å². The van der Waals surface area contributed by atoms with Gasteiger partial charge in [0.25, 0.3) is 0 Å². The van der Waals surface area contributed by atoms with Crippen LogP contribution in [0.2, 0.25) is 0 Å². The van der Waals surface area contributed by atoms with Crippen LogP contribution in [-0.2, 0) is 0 Å². The van der Waals surface area contributed by atoms with Crippen molar-refractivity contribution in [3.05, 3.63) is 23.8 Å². The van der Waals surface area contributed by atoms with Crippen LogP contribution in [0, 0.1) is 5.92 Å². The summed E-state index contributed by atoms with van der Waals surface area (Å²) in [7, 11) is 2.05. The lowest BCUT2D eigenvalue weighted by Crippen LogP contribution is -2.36. The van der Waals surface area contributed by atoms with Gasteiger partial charge < -0.3 is 14.8 Å². The van der Waals surface area contributed by atoms with Crippen molar-refractivity contribution in [1.29, 1.82) is 0 Å². The molecule has 0 amide bonds. The summed E-state index contributed by atoms with van der Waals surface area (Å²) in [5, 5.41) is 3.48. The first kappa shape index (κ1) is 13.4. The average Bonchev–Trinajstić information content (AvgIpc) is 3.41. The highest BCUT2D eigenvalue weighted by molar-refractivity contribution is 5.45. The van der Waals surface area contributed by atoms with Gasteiger partial charge in [0.1, 0.15) is 0 Å². The van der Waals surface area contributed by atoms with Crippen LogP contribution in [0.25, 0.3) is 0 Å². The van der Waals surface area contributed by atoms with Gasteiger partial charge >= 0.3 is 0 Å². The lowest BCUT2D eigenvalue weighted by atomic mass is 10.1. The van der Waals surface area contributed by atoms with E-state index in [1.165, 1.54) is 37.8 Å². The molecule has 2 saturated carbocycles. The summed E-state index contributed by atoms with van der Waals surface area (Å²) in [5.41, 5.74) is 1.29. The molecule has 1 aromatic rings. The molecule has 1 heterocycles. The first-order chi connectivity index (χ1) is 10.3. The Morgan fingerprint density at radius 1 is 1.19 bits per heavy atom. The van der Waals surface area contributed by atoms with Gasteiger partial charge in [0, 0.05) is 25.2 Å². The van der Waals surface area contributed by atoms with Gasteiger partial charge in [0.05, 0.1) is 0 Å². The third-order valence-corrected chi connectivity index (χ3v) is 4.82. The fourth-order valence-corrected chi connectivity index (χ4v) is 3.17. The van der Waals surface area contributed by atoms with E-state index in [1.807, 2.05) is 6.07 Å². The summed E-state index contributed by atoms with van der Waals surface area (Å²) in [6.07, 6.45) is 5.61. The molecule has 114 valence electrons. The van der Waals surface area contributed by atoms with E-state index in [2.05, 4.69) is 29.4 Å². The van der Waals surface area contributed by atoms with Gasteiger partial charge in [-0.2, -0.15) is 0 Å². The molecular weight excluding hydrogens is 264 g/mol. The van der Waals surface area contributed by atoms with Crippen molar-refractivity contribution in [2.45, 2.75) is 37.8 Å². The number of nitrogens with one attached hydrogen (secondary N) is 1. The molecule has 0 bridgehead atoms. The van der Waals surface area contributed by atoms with Crippen LogP contribution in [0.3, 0.4) is 0 Å². The molecule has 4 rings (SSSR count). The smallest absolute Gasteiger partial charge is 0.231 e. The highest BCUT2D eigenvalue weighted by Crippen LogP contribution is 2.37. The number of fused-ring (bicyclic) bond motifs is 1. The van der Waals surface area contributed by atoms with Crippen LogP contribution in [0.4, 0.5) is 0 Å². The zero-order valence-corrected chi connectivity index (χ0v) is 12.7. The van der Waals surface area contributed by atoms with Crippen LogP contribution in [-0.4, -0.2) is 37.9 Å². The lowest BCUT2D eigenvalue weighted by molar-refractivity contribution is 0.174. The zero-order valence-electron chi connectivity index (χ0n) is 12.7. The first-order valence-electron chi connectivity index (χ1n) is 8.14. The normalized spacial score (nSPS) is 21.8. The number of benzene rings is 1. The van der Waals surface area contributed by atoms with Crippen molar-refractivity contribution < 1.29 is 9.47 Å². The van der Waals surface area contributed by atoms with Gasteiger partial charge in [-0.05, 0) is 56.3 Å². The van der Waals surface area contributed by atoms with Gasteiger partial charge in [-0.1, -0.05) is 6.07 Å². The van der Waals surface area contributed by atoms with Crippen LogP contribution in [0.5, 0.6) is 11.5 Å². The van der Waals surface area contributed by atoms with Gasteiger partial charge in [0.15, 0.2) is 11.5 Å². The summed E-state index contributed by atoms with van der Waals surface area (Å²) in [4.78, 5) is 2.70. The fourth-order valence-electron chi connectivity index (χ4n) is 3.17. The third-order valence-electron chi connectivity index (χ3n) is 4.82. The van der Waals surface area contributed by atoms with Crippen LogP contribution < -0.4 is 14.8 Å². The molecule has 1 N–H and O–H groups in total. The second-order valence-electron chi connectivity index (χ2n) is 6.58. The van der Waals surface area contributed by atoms with E-state index in [0.717, 1.165) is 30.0 Å². The number of likely N-dealkylation sites (N-methyl/N-ethyl adjacent to an activating group) is 1. The summed E-state index contributed by atoms with van der Waals surface area (Å²) < 4.78 is 10.9. The Morgan fingerprint density at radius 3 is 2.71 bits per heavy atom. The fraction of sp³-hybridized carbons (Fsp3) is 0.647. The molecule has 4 nitrogen and oxygen atoms in total. The molecule has 0 radical (unpaired) electrons. The molecule has 0 spiro atoms. The van der Waals surface area contributed by atoms with Crippen LogP contribution in [0.15, 0.2) is 18.2 Å². The Labute approximate surface area is 126 Å². The van der Waals surface area contributed by atoms with Gasteiger partial charge in [-0.15, -0.1) is 0 Å². The summed E-state index contributed by atoms with van der Waals surface area (Å²) >= 11 is 0. The highest BCUT2D eigenvalue weighted by atomic mass is 16.7. The van der Waals surface area contributed by atoms with E-state index in [0.29, 0.717) is 12.8 Å². The first-order valence-corrected chi connectivity index (χ1v) is 8.14. The van der Waals surface area contributed by atoms with Gasteiger partial charge in [-0.25, -0.2) is 0 Å². The maximum absolute atomic E-state index is 5.51. The minimum atomic E-state index is 0.346. The second-order valence-corrected chi connectivity index (χ2v) is 6.58. The summed E-state index contributed by atoms with van der Waals surface area (Å²) in [5.74, 6) is 2.71. The molecule has 1 atom stereocenters. The van der Waals surface area contributed by atoms with E-state index in [9.17, 15) is 0 Å². The number of hydrogen-bond donors (Lipinski definition) is 1. The molecule has 1 aliphatic heterocycles. The van der Waals surface area contributed by atoms with Crippen molar-refractivity contribution in [2.24, 2.45) is 5.92 Å². The second kappa shape index (κ2) is 5.50. The molecule has 4 heteroatoms. The Kier molecular flexibility index (Phi) is 3.51. The summed E-state index contributed by atoms with van der Waals surface area (Å²) in [6, 6.07) is 7.52. The Balaban J connectivity index is 1.47. The molecule has 0 aromatic heterocycles. The zero-order chi connectivity index (χ0) is 14.2. The number of ether oxygens (including phenoxy) is 2. The molecule has 3 aliphatic rings. The molecule has 21 heavy (non-hydrogen) atoms. The average molecular weight is 288 g/mol. The Hall–Kier alpha value is -1.26. The van der Waals surface area contributed by atoms with Crippen molar-refractivity contribution in [3.63, 3.8) is 0 Å². The van der Waals surface area contributed by atoms with E-state index in [-0.39, 0.29) is 0 Å². The maximum Gasteiger partial charge on any atom is 0.231 e. The minimum Gasteiger partial charge on any atom is -0.454 e. The topological polar surface area (TPSA) is 33.7 Å². The minimum absolute atomic E-state index is 0.346. The number of nitrogens with zero attached hydrogens (tertiary/aromatic N) is 1. The molecule has 0 saturated heterocycles. The van der Waals surface area contributed by atoms with Gasteiger partial charge in [0.2, 0.25) is 6.79 Å². The van der Waals surface area contributed by atoms with Crippen molar-refractivity contribution in [1.82, 2.24) is 10.2 Å². The number of rotatable bonds is 7. The molecular formula is C17H24N2O2. The van der Waals surface area contributed by atoms with E-state index < -0.39 is 0 Å². The largest absolute Gasteiger partial charge is 0.454 e. The maximum atomic E-state index is 5.51. The Morgan fingerprint density at radius 2 is 2.00 bits per heavy atom. The molecule has 2 fully saturated rings. The monoisotopic (exact) mass is 288 g/mol. The van der Waals surface area contributed by atoms with Crippen molar-refractivity contribution >= 4 is 0 Å². The lowest BCUT2D eigenvalue weighted by Gasteiger charge is -2.27. The van der Waals surface area contributed by atoms with E-state index in [1.54, 1.807) is 0 Å². The summed E-state index contributed by atoms with van der Waals surface area (Å²) in [6.45, 7) is 2.73. The standard InChI is InChI=1S/C17H24N2O2/c1-18-15(10-19(14-5-6-14)9-12-2-3-12)13-4-7-16-17(8-13)21-11-20-16/h4,7-8,12,14-15,18H,2-3,5-6,9-11H2,1H3. The molecule has 1 aromatic carbocycles. The van der Waals surface area contributed by atoms with E-state index >= 15 is 0 Å². The Bertz CT molecular complexity index is 512. The molecule has 1 unspecified atom stereocenters. The van der Waals surface area contributed by atoms with E-state index in [4.69, 9.17) is 9.47 Å². The van der Waals surface area contributed by atoms with Crippen LogP contribution >= 0.6 is 0 Å². The predicted molar refractivity (Wildman–Crippen MR) is 81.7 cm³/mol. The highest BCUT2D eigenvalue weighted by Gasteiger charge is 2.34. The molecule has 2 aliphatic carbocycles. The van der Waals surface area contributed by atoms with Crippen molar-refractivity contribution in [3.8, 4) is 11.5 Å². The van der Waals surface area contributed by atoms with Crippen LogP contribution in [0.1, 0.15) is 37.3 Å². The predicted octanol–water partition coefficient (Wildman–Crippen LogP) is 2.55. The third kappa shape index (κ3) is 3.01. The number of hydrogen-bond acceptors (Lipinski definition) is 4.